The molecule has 26 heavy (non-hydrogen) atoms. The minimum atomic E-state index is -3.67. The third kappa shape index (κ3) is 3.59. The monoisotopic (exact) mass is 397 g/mol. The molecule has 0 radical (unpaired) electrons. The maximum absolute atomic E-state index is 12.6. The number of hydrogen-bond donors (Lipinski definition) is 1. The molecule has 2 N–H and O–H groups in total. The van der Waals surface area contributed by atoms with Crippen molar-refractivity contribution in [2.45, 2.75) is 11.0 Å². The Labute approximate surface area is 155 Å². The van der Waals surface area contributed by atoms with Gasteiger partial charge in [-0.15, -0.1) is 0 Å². The fraction of sp³-hybridized carbons (Fsp3) is 0.250. The van der Waals surface area contributed by atoms with Gasteiger partial charge in [-0.25, -0.2) is 8.42 Å². The zero-order valence-electron chi connectivity index (χ0n) is 13.8. The summed E-state index contributed by atoms with van der Waals surface area (Å²) in [6.45, 7) is 0.362. The fourth-order valence-electron chi connectivity index (χ4n) is 2.44. The van der Waals surface area contributed by atoms with Crippen LogP contribution in [-0.2, 0) is 10.0 Å². The van der Waals surface area contributed by atoms with E-state index < -0.39 is 15.9 Å². The lowest BCUT2D eigenvalue weighted by Gasteiger charge is -2.37. The quantitative estimate of drug-likeness (QED) is 0.786. The molecule has 1 aliphatic heterocycles. The molecule has 1 aliphatic rings. The number of pyridine rings is 1. The van der Waals surface area contributed by atoms with Gasteiger partial charge in [-0.2, -0.15) is 4.31 Å². The summed E-state index contributed by atoms with van der Waals surface area (Å²) in [5.41, 5.74) is 5.25. The van der Waals surface area contributed by atoms with Gasteiger partial charge in [0.2, 0.25) is 10.0 Å². The molecule has 1 aromatic heterocycles. The summed E-state index contributed by atoms with van der Waals surface area (Å²) in [7, 11) is -2.22. The van der Waals surface area contributed by atoms with Crippen LogP contribution in [0.4, 0.5) is 0 Å². The highest BCUT2D eigenvalue weighted by Gasteiger charge is 2.38. The number of sulfonamides is 1. The smallest absolute Gasteiger partial charge is 0.267 e. The van der Waals surface area contributed by atoms with Crippen molar-refractivity contribution in [1.29, 1.82) is 0 Å². The molecule has 2 aromatic rings. The van der Waals surface area contributed by atoms with Crippen LogP contribution in [0.5, 0.6) is 11.5 Å². The Balaban J connectivity index is 1.66. The maximum Gasteiger partial charge on any atom is 0.267 e. The molecule has 0 aliphatic carbocycles. The van der Waals surface area contributed by atoms with E-state index in [0.717, 1.165) is 0 Å². The van der Waals surface area contributed by atoms with Crippen molar-refractivity contribution < 1.29 is 22.7 Å². The molecule has 1 saturated heterocycles. The van der Waals surface area contributed by atoms with Crippen LogP contribution in [0.15, 0.2) is 41.4 Å². The number of nitrogens with two attached hydrogens (primary N) is 1. The standard InChI is InChI=1S/C16H16ClN3O5S/c1-24-15-3-2-12(7-13(15)17)26(22,23)20-8-11(9-20)25-10-4-5-19-14(6-10)16(18)21/h2-7,11H,8-9H2,1H3,(H2,18,21). The minimum absolute atomic E-state index is 0.0826. The van der Waals surface area contributed by atoms with E-state index in [1.807, 2.05) is 0 Å². The van der Waals surface area contributed by atoms with Crippen LogP contribution in [0, 0.1) is 0 Å². The number of carbonyl (C=O) groups is 1. The summed E-state index contributed by atoms with van der Waals surface area (Å²) in [6.07, 6.45) is 1.07. The third-order valence-corrected chi connectivity index (χ3v) is 5.99. The van der Waals surface area contributed by atoms with E-state index in [0.29, 0.717) is 11.5 Å². The molecule has 0 saturated carbocycles. The number of rotatable bonds is 6. The minimum Gasteiger partial charge on any atom is -0.495 e. The number of amides is 1. The number of benzene rings is 1. The van der Waals surface area contributed by atoms with Crippen molar-refractivity contribution in [3.05, 3.63) is 47.2 Å². The summed E-state index contributed by atoms with van der Waals surface area (Å²) < 4.78 is 37.2. The van der Waals surface area contributed by atoms with Crippen LogP contribution in [0.3, 0.4) is 0 Å². The first-order valence-electron chi connectivity index (χ1n) is 7.57. The number of primary amides is 1. The van der Waals surface area contributed by atoms with Crippen LogP contribution in [0.1, 0.15) is 10.5 Å². The third-order valence-electron chi connectivity index (χ3n) is 3.86. The summed E-state index contributed by atoms with van der Waals surface area (Å²) in [5.74, 6) is 0.145. The molecule has 2 heterocycles. The predicted molar refractivity (Wildman–Crippen MR) is 93.9 cm³/mol. The average molecular weight is 398 g/mol. The lowest BCUT2D eigenvalue weighted by Crippen LogP contribution is -2.55. The number of nitrogens with zero attached hydrogens (tertiary/aromatic N) is 2. The number of hydrogen-bond acceptors (Lipinski definition) is 6. The lowest BCUT2D eigenvalue weighted by molar-refractivity contribution is 0.0759. The highest BCUT2D eigenvalue weighted by Crippen LogP contribution is 2.30. The first-order chi connectivity index (χ1) is 12.3. The van der Waals surface area contributed by atoms with E-state index in [2.05, 4.69) is 4.98 Å². The highest BCUT2D eigenvalue weighted by atomic mass is 35.5. The van der Waals surface area contributed by atoms with Crippen LogP contribution in [0.2, 0.25) is 5.02 Å². The predicted octanol–water partition coefficient (Wildman–Crippen LogP) is 1.29. The first-order valence-corrected chi connectivity index (χ1v) is 9.39. The Morgan fingerprint density at radius 1 is 1.31 bits per heavy atom. The molecule has 1 aromatic carbocycles. The maximum atomic E-state index is 12.6. The second-order valence-electron chi connectivity index (χ2n) is 5.60. The molecular formula is C16H16ClN3O5S. The summed E-state index contributed by atoms with van der Waals surface area (Å²) >= 11 is 6.00. The number of methoxy groups -OCH3 is 1. The molecule has 0 atom stereocenters. The Bertz CT molecular complexity index is 945. The Hall–Kier alpha value is -2.36. The number of aromatic nitrogens is 1. The van der Waals surface area contributed by atoms with Gasteiger partial charge in [0.15, 0.2) is 0 Å². The molecule has 1 fully saturated rings. The largest absolute Gasteiger partial charge is 0.495 e. The van der Waals surface area contributed by atoms with E-state index in [9.17, 15) is 13.2 Å². The van der Waals surface area contributed by atoms with Crippen molar-refractivity contribution >= 4 is 27.5 Å². The number of carbonyl (C=O) groups excluding carboxylic acids is 1. The van der Waals surface area contributed by atoms with Crippen molar-refractivity contribution in [2.75, 3.05) is 20.2 Å². The van der Waals surface area contributed by atoms with E-state index in [-0.39, 0.29) is 34.8 Å². The van der Waals surface area contributed by atoms with Crippen molar-refractivity contribution in [3.8, 4) is 11.5 Å². The Morgan fingerprint density at radius 3 is 2.65 bits per heavy atom. The molecule has 1 amide bonds. The van der Waals surface area contributed by atoms with Gasteiger partial charge in [0, 0.05) is 12.3 Å². The molecule has 3 rings (SSSR count). The van der Waals surface area contributed by atoms with Gasteiger partial charge in [-0.3, -0.25) is 9.78 Å². The summed E-state index contributed by atoms with van der Waals surface area (Å²) in [6, 6.07) is 7.29. The van der Waals surface area contributed by atoms with Gasteiger partial charge in [-0.05, 0) is 24.3 Å². The second-order valence-corrected chi connectivity index (χ2v) is 7.94. The zero-order valence-corrected chi connectivity index (χ0v) is 15.3. The molecule has 0 bridgehead atoms. The molecule has 0 spiro atoms. The molecule has 0 unspecified atom stereocenters. The number of halogens is 1. The van der Waals surface area contributed by atoms with E-state index >= 15 is 0 Å². The zero-order chi connectivity index (χ0) is 18.9. The van der Waals surface area contributed by atoms with Gasteiger partial charge in [0.25, 0.3) is 5.91 Å². The van der Waals surface area contributed by atoms with E-state index in [1.54, 1.807) is 6.07 Å². The highest BCUT2D eigenvalue weighted by molar-refractivity contribution is 7.89. The fourth-order valence-corrected chi connectivity index (χ4v) is 4.29. The number of ether oxygens (including phenoxy) is 2. The van der Waals surface area contributed by atoms with Crippen molar-refractivity contribution in [3.63, 3.8) is 0 Å². The van der Waals surface area contributed by atoms with E-state index in [4.69, 9.17) is 26.8 Å². The van der Waals surface area contributed by atoms with Gasteiger partial charge in [-0.1, -0.05) is 11.6 Å². The summed E-state index contributed by atoms with van der Waals surface area (Å²) in [4.78, 5) is 15.0. The molecule has 138 valence electrons. The summed E-state index contributed by atoms with van der Waals surface area (Å²) in [5, 5.41) is 0.220. The van der Waals surface area contributed by atoms with Gasteiger partial charge in [0.05, 0.1) is 30.1 Å². The van der Waals surface area contributed by atoms with Gasteiger partial charge >= 0.3 is 0 Å². The SMILES string of the molecule is COc1ccc(S(=O)(=O)N2CC(Oc3ccnc(C(N)=O)c3)C2)cc1Cl. The first kappa shape index (κ1) is 18.4. The van der Waals surface area contributed by atoms with E-state index in [1.165, 1.54) is 41.9 Å². The van der Waals surface area contributed by atoms with Crippen molar-refractivity contribution in [1.82, 2.24) is 9.29 Å². The van der Waals surface area contributed by atoms with Crippen LogP contribution >= 0.6 is 11.6 Å². The average Bonchev–Trinajstić information content (AvgIpc) is 2.57. The molecular weight excluding hydrogens is 382 g/mol. The lowest BCUT2D eigenvalue weighted by atomic mass is 10.2. The Morgan fingerprint density at radius 2 is 2.04 bits per heavy atom. The van der Waals surface area contributed by atoms with Crippen LogP contribution in [0.25, 0.3) is 0 Å². The Kier molecular flexibility index (Phi) is 5.03. The van der Waals surface area contributed by atoms with Crippen LogP contribution < -0.4 is 15.2 Å². The second kappa shape index (κ2) is 7.10. The topological polar surface area (TPSA) is 112 Å². The molecule has 10 heteroatoms. The normalized spacial score (nSPS) is 15.3. The van der Waals surface area contributed by atoms with Gasteiger partial charge < -0.3 is 15.2 Å². The van der Waals surface area contributed by atoms with Gasteiger partial charge in [0.1, 0.15) is 23.3 Å². The van der Waals surface area contributed by atoms with Crippen LogP contribution in [-0.4, -0.2) is 49.9 Å². The molecule has 8 nitrogen and oxygen atoms in total. The van der Waals surface area contributed by atoms with Crippen molar-refractivity contribution in [2.24, 2.45) is 5.73 Å².